The normalized spacial score (nSPS) is 18.9. The summed E-state index contributed by atoms with van der Waals surface area (Å²) in [6.07, 6.45) is 0.100. The fourth-order valence-electron chi connectivity index (χ4n) is 1.96. The van der Waals surface area contributed by atoms with Gasteiger partial charge in [0.2, 0.25) is 0 Å². The molecule has 0 radical (unpaired) electrons. The quantitative estimate of drug-likeness (QED) is 0.712. The monoisotopic (exact) mass is 252 g/mol. The van der Waals surface area contributed by atoms with Crippen molar-refractivity contribution in [3.63, 3.8) is 0 Å². The van der Waals surface area contributed by atoms with Crippen LogP contribution in [0.1, 0.15) is 43.1 Å². The molecule has 0 amide bonds. The Kier molecular flexibility index (Phi) is 2.65. The summed E-state index contributed by atoms with van der Waals surface area (Å²) in [5.41, 5.74) is 1.27. The Morgan fingerprint density at radius 3 is 2.41 bits per heavy atom. The molecule has 0 saturated carbocycles. The number of sulfone groups is 1. The van der Waals surface area contributed by atoms with Crippen molar-refractivity contribution in [3.05, 3.63) is 29.3 Å². The van der Waals surface area contributed by atoms with E-state index in [0.717, 1.165) is 5.56 Å². The van der Waals surface area contributed by atoms with Crippen molar-refractivity contribution in [2.75, 3.05) is 5.75 Å². The summed E-state index contributed by atoms with van der Waals surface area (Å²) in [6.45, 7) is 6.11. The lowest BCUT2D eigenvalue weighted by Crippen LogP contribution is -2.22. The number of fused-ring (bicyclic) bond motifs is 1. The van der Waals surface area contributed by atoms with E-state index in [-0.39, 0.29) is 28.3 Å². The molecule has 0 aliphatic carbocycles. The van der Waals surface area contributed by atoms with Gasteiger partial charge in [-0.05, 0) is 23.1 Å². The predicted octanol–water partition coefficient (Wildman–Crippen LogP) is 2.34. The molecule has 0 N–H and O–H groups in total. The third-order valence-electron chi connectivity index (χ3n) is 3.08. The first-order valence-corrected chi connectivity index (χ1v) is 7.27. The summed E-state index contributed by atoms with van der Waals surface area (Å²) in [6, 6.07) is 5.10. The number of benzene rings is 1. The molecular weight excluding hydrogens is 236 g/mol. The van der Waals surface area contributed by atoms with Crippen LogP contribution in [-0.4, -0.2) is 20.0 Å². The second kappa shape index (κ2) is 3.67. The minimum atomic E-state index is -3.26. The summed E-state index contributed by atoms with van der Waals surface area (Å²) >= 11 is 0. The van der Waals surface area contributed by atoms with Crippen molar-refractivity contribution in [1.82, 2.24) is 0 Å². The second-order valence-corrected chi connectivity index (χ2v) is 7.53. The van der Waals surface area contributed by atoms with E-state index in [2.05, 4.69) is 0 Å². The van der Waals surface area contributed by atoms with E-state index < -0.39 is 9.84 Å². The molecule has 1 aliphatic rings. The van der Waals surface area contributed by atoms with Gasteiger partial charge in [-0.3, -0.25) is 4.79 Å². The van der Waals surface area contributed by atoms with E-state index in [4.69, 9.17) is 0 Å². The molecule has 0 atom stereocenters. The van der Waals surface area contributed by atoms with Crippen LogP contribution in [0.2, 0.25) is 0 Å². The third-order valence-corrected chi connectivity index (χ3v) is 4.85. The van der Waals surface area contributed by atoms with E-state index in [1.54, 1.807) is 18.2 Å². The summed E-state index contributed by atoms with van der Waals surface area (Å²) in [7, 11) is -3.26. The van der Waals surface area contributed by atoms with Gasteiger partial charge in [0, 0.05) is 12.0 Å². The van der Waals surface area contributed by atoms with Gasteiger partial charge >= 0.3 is 0 Å². The molecule has 2 rings (SSSR count). The smallest absolute Gasteiger partial charge is 0.179 e. The molecule has 0 saturated heterocycles. The van der Waals surface area contributed by atoms with E-state index in [9.17, 15) is 13.2 Å². The van der Waals surface area contributed by atoms with Crippen molar-refractivity contribution in [2.45, 2.75) is 37.5 Å². The van der Waals surface area contributed by atoms with Gasteiger partial charge in [-0.1, -0.05) is 26.8 Å². The van der Waals surface area contributed by atoms with Crippen molar-refractivity contribution >= 4 is 15.6 Å². The molecular formula is C13H16O3S. The Morgan fingerprint density at radius 1 is 1.18 bits per heavy atom. The molecule has 3 nitrogen and oxygen atoms in total. The van der Waals surface area contributed by atoms with E-state index >= 15 is 0 Å². The highest BCUT2D eigenvalue weighted by Gasteiger charge is 2.30. The van der Waals surface area contributed by atoms with Crippen molar-refractivity contribution in [1.29, 1.82) is 0 Å². The van der Waals surface area contributed by atoms with Crippen LogP contribution >= 0.6 is 0 Å². The molecule has 1 aliphatic heterocycles. The zero-order valence-electron chi connectivity index (χ0n) is 10.3. The van der Waals surface area contributed by atoms with Gasteiger partial charge in [-0.25, -0.2) is 8.42 Å². The maximum absolute atomic E-state index is 11.8. The number of carbonyl (C=O) groups excluding carboxylic acids is 1. The van der Waals surface area contributed by atoms with Crippen LogP contribution in [0.25, 0.3) is 0 Å². The van der Waals surface area contributed by atoms with Gasteiger partial charge in [0.25, 0.3) is 0 Å². The molecule has 0 bridgehead atoms. The first-order valence-electron chi connectivity index (χ1n) is 5.62. The summed E-state index contributed by atoms with van der Waals surface area (Å²) in [4.78, 5) is 12.0. The summed E-state index contributed by atoms with van der Waals surface area (Å²) in [5.74, 6) is -0.130. The molecule has 1 aromatic rings. The first kappa shape index (κ1) is 12.3. The average Bonchev–Trinajstić information content (AvgIpc) is 2.22. The SMILES string of the molecule is CC(C)(C)c1ccc2c(c1)C(=O)CCS2(=O)=O. The number of Topliss-reactive ketones (excluding diaryl/α,β-unsaturated/α-hetero) is 1. The molecule has 92 valence electrons. The Balaban J connectivity index is 2.67. The van der Waals surface area contributed by atoms with Gasteiger partial charge in [0.1, 0.15) is 0 Å². The van der Waals surface area contributed by atoms with Crippen LogP contribution in [0.15, 0.2) is 23.1 Å². The number of hydrogen-bond donors (Lipinski definition) is 0. The van der Waals surface area contributed by atoms with Crippen LogP contribution in [0.4, 0.5) is 0 Å². The highest BCUT2D eigenvalue weighted by Crippen LogP contribution is 2.30. The standard InChI is InChI=1S/C13H16O3S/c1-13(2,3)9-4-5-12-10(8-9)11(14)6-7-17(12,15)16/h4-5,8H,6-7H2,1-3H3. The minimum Gasteiger partial charge on any atom is -0.294 e. The van der Waals surface area contributed by atoms with Crippen LogP contribution in [-0.2, 0) is 15.3 Å². The van der Waals surface area contributed by atoms with Crippen molar-refractivity contribution in [2.24, 2.45) is 0 Å². The van der Waals surface area contributed by atoms with E-state index in [1.165, 1.54) is 0 Å². The fourth-order valence-corrected chi connectivity index (χ4v) is 3.41. The van der Waals surface area contributed by atoms with Gasteiger partial charge in [0.05, 0.1) is 10.6 Å². The number of carbonyl (C=O) groups is 1. The first-order chi connectivity index (χ1) is 7.72. The van der Waals surface area contributed by atoms with Gasteiger partial charge in [-0.15, -0.1) is 0 Å². The Hall–Kier alpha value is -1.16. The van der Waals surface area contributed by atoms with E-state index in [0.29, 0.717) is 5.56 Å². The van der Waals surface area contributed by atoms with E-state index in [1.807, 2.05) is 20.8 Å². The lowest BCUT2D eigenvalue weighted by atomic mass is 9.85. The van der Waals surface area contributed by atoms with Crippen molar-refractivity contribution < 1.29 is 13.2 Å². The highest BCUT2D eigenvalue weighted by molar-refractivity contribution is 7.91. The number of ketones is 1. The predicted molar refractivity (Wildman–Crippen MR) is 66.1 cm³/mol. The van der Waals surface area contributed by atoms with Gasteiger partial charge < -0.3 is 0 Å². The largest absolute Gasteiger partial charge is 0.294 e. The Morgan fingerprint density at radius 2 is 1.82 bits per heavy atom. The maximum atomic E-state index is 11.8. The molecule has 0 unspecified atom stereocenters. The molecule has 4 heteroatoms. The molecule has 1 heterocycles. The zero-order chi connectivity index (χ0) is 12.8. The average molecular weight is 252 g/mol. The van der Waals surface area contributed by atoms with Gasteiger partial charge in [0.15, 0.2) is 15.6 Å². The lowest BCUT2D eigenvalue weighted by Gasteiger charge is -2.22. The third kappa shape index (κ3) is 2.14. The lowest BCUT2D eigenvalue weighted by molar-refractivity contribution is 0.0983. The van der Waals surface area contributed by atoms with Crippen LogP contribution in [0.5, 0.6) is 0 Å². The van der Waals surface area contributed by atoms with Crippen LogP contribution in [0.3, 0.4) is 0 Å². The molecule has 0 spiro atoms. The minimum absolute atomic E-state index is 0.0618. The zero-order valence-corrected chi connectivity index (χ0v) is 11.1. The fraction of sp³-hybridized carbons (Fsp3) is 0.462. The number of hydrogen-bond acceptors (Lipinski definition) is 3. The maximum Gasteiger partial charge on any atom is 0.179 e. The second-order valence-electron chi connectivity index (χ2n) is 5.45. The number of rotatable bonds is 0. The molecule has 0 aromatic heterocycles. The Bertz CT molecular complexity index is 577. The van der Waals surface area contributed by atoms with Crippen molar-refractivity contribution in [3.8, 4) is 0 Å². The van der Waals surface area contributed by atoms with Crippen LogP contribution < -0.4 is 0 Å². The highest BCUT2D eigenvalue weighted by atomic mass is 32.2. The summed E-state index contributed by atoms with van der Waals surface area (Å²) < 4.78 is 23.7. The summed E-state index contributed by atoms with van der Waals surface area (Å²) in [5, 5.41) is 0. The molecule has 1 aromatic carbocycles. The Labute approximate surface area is 102 Å². The molecule has 17 heavy (non-hydrogen) atoms. The van der Waals surface area contributed by atoms with Gasteiger partial charge in [-0.2, -0.15) is 0 Å². The molecule has 0 fully saturated rings. The van der Waals surface area contributed by atoms with Crippen LogP contribution in [0, 0.1) is 0 Å². The topological polar surface area (TPSA) is 51.2 Å².